The second-order valence-electron chi connectivity index (χ2n) is 4.23. The van der Waals surface area contributed by atoms with E-state index in [0.29, 0.717) is 6.42 Å². The summed E-state index contributed by atoms with van der Waals surface area (Å²) in [4.78, 5) is 21.9. The highest BCUT2D eigenvalue weighted by molar-refractivity contribution is 5.89. The Bertz CT molecular complexity index is 512. The molecule has 0 aliphatic rings. The molecule has 0 aliphatic heterocycles. The smallest absolute Gasteiger partial charge is 0.336 e. The highest BCUT2D eigenvalue weighted by atomic mass is 16.6. The Kier molecular flexibility index (Phi) is 5.86. The van der Waals surface area contributed by atoms with Crippen LogP contribution < -0.4 is 0 Å². The predicted octanol–water partition coefficient (Wildman–Crippen LogP) is 2.53. The van der Waals surface area contributed by atoms with E-state index >= 15 is 0 Å². The van der Waals surface area contributed by atoms with Crippen LogP contribution in [0.2, 0.25) is 0 Å². The summed E-state index contributed by atoms with van der Waals surface area (Å²) in [7, 11) is 0. The summed E-state index contributed by atoms with van der Waals surface area (Å²) in [5, 5.41) is 20.9. The van der Waals surface area contributed by atoms with Gasteiger partial charge in [-0.2, -0.15) is 0 Å². The lowest BCUT2D eigenvalue weighted by atomic mass is 10.0. The van der Waals surface area contributed by atoms with Crippen LogP contribution in [0.3, 0.4) is 0 Å². The molecule has 0 aliphatic carbocycles. The number of rotatable bonds is 7. The van der Waals surface area contributed by atoms with E-state index < -0.39 is 17.0 Å². The number of ether oxygens (including phenoxy) is 1. The zero-order valence-corrected chi connectivity index (χ0v) is 11.2. The summed E-state index contributed by atoms with van der Waals surface area (Å²) in [5.41, 5.74) is -0.451. The Morgan fingerprint density at radius 3 is 2.75 bits per heavy atom. The number of aliphatic hydroxyl groups excluding tert-OH is 1. The first-order valence-corrected chi connectivity index (χ1v) is 6.26. The molecule has 0 aromatic heterocycles. The lowest BCUT2D eigenvalue weighted by molar-refractivity contribution is -0.386. The van der Waals surface area contributed by atoms with Crippen molar-refractivity contribution in [3.05, 3.63) is 52.1 Å². The highest BCUT2D eigenvalue weighted by Gasteiger charge is 2.26. The molecule has 1 atom stereocenters. The van der Waals surface area contributed by atoms with Gasteiger partial charge in [-0.05, 0) is 12.5 Å². The van der Waals surface area contributed by atoms with E-state index in [2.05, 4.69) is 6.58 Å². The lowest BCUT2D eigenvalue weighted by Gasteiger charge is -2.13. The zero-order chi connectivity index (χ0) is 15.1. The summed E-state index contributed by atoms with van der Waals surface area (Å²) >= 11 is 0. The van der Waals surface area contributed by atoms with Crippen LogP contribution in [0.5, 0.6) is 0 Å². The summed E-state index contributed by atoms with van der Waals surface area (Å²) in [6, 6.07) is 5.67. The standard InChI is InChI=1S/C14H17NO5/c1-3-4-9-20-14(17)10(2)13(16)11-7-5-6-8-12(11)15(18)19/h5-8,13,16H,2-4,9H2,1H3/t13-/m1/s1. The van der Waals surface area contributed by atoms with Gasteiger partial charge in [0.05, 0.1) is 22.7 Å². The fraction of sp³-hybridized carbons (Fsp3) is 0.357. The van der Waals surface area contributed by atoms with Gasteiger partial charge < -0.3 is 9.84 Å². The van der Waals surface area contributed by atoms with Crippen LogP contribution in [0.1, 0.15) is 31.4 Å². The van der Waals surface area contributed by atoms with E-state index in [9.17, 15) is 20.0 Å². The second-order valence-corrected chi connectivity index (χ2v) is 4.23. The molecule has 6 heteroatoms. The number of carbonyl (C=O) groups is 1. The Morgan fingerprint density at radius 2 is 2.15 bits per heavy atom. The summed E-state index contributed by atoms with van der Waals surface area (Å²) in [6.07, 6.45) is 0.123. The van der Waals surface area contributed by atoms with Crippen molar-refractivity contribution in [1.82, 2.24) is 0 Å². The average Bonchev–Trinajstić information content (AvgIpc) is 2.45. The lowest BCUT2D eigenvalue weighted by Crippen LogP contribution is -2.15. The second kappa shape index (κ2) is 7.40. The first-order valence-electron chi connectivity index (χ1n) is 6.26. The van der Waals surface area contributed by atoms with E-state index in [1.54, 1.807) is 6.07 Å². The molecule has 6 nitrogen and oxygen atoms in total. The monoisotopic (exact) mass is 279 g/mol. The van der Waals surface area contributed by atoms with Crippen LogP contribution in [-0.4, -0.2) is 22.6 Å². The number of carbonyl (C=O) groups excluding carboxylic acids is 1. The minimum atomic E-state index is -1.45. The van der Waals surface area contributed by atoms with Crippen LogP contribution in [0.15, 0.2) is 36.4 Å². The quantitative estimate of drug-likeness (QED) is 0.272. The molecule has 1 rings (SSSR count). The molecule has 0 heterocycles. The molecule has 1 aromatic carbocycles. The maximum atomic E-state index is 11.7. The Hall–Kier alpha value is -2.21. The van der Waals surface area contributed by atoms with Crippen molar-refractivity contribution in [2.75, 3.05) is 6.61 Å². The Morgan fingerprint density at radius 1 is 1.50 bits per heavy atom. The van der Waals surface area contributed by atoms with Gasteiger partial charge in [-0.25, -0.2) is 4.79 Å². The third kappa shape index (κ3) is 3.89. The molecule has 0 spiro atoms. The first-order chi connectivity index (χ1) is 9.49. The largest absolute Gasteiger partial charge is 0.462 e. The fourth-order valence-corrected chi connectivity index (χ4v) is 1.59. The van der Waals surface area contributed by atoms with Crippen molar-refractivity contribution >= 4 is 11.7 Å². The van der Waals surface area contributed by atoms with Crippen LogP contribution in [-0.2, 0) is 9.53 Å². The number of hydrogen-bond acceptors (Lipinski definition) is 5. The van der Waals surface area contributed by atoms with Gasteiger partial charge >= 0.3 is 5.97 Å². The predicted molar refractivity (Wildman–Crippen MR) is 73.1 cm³/mol. The normalized spacial score (nSPS) is 11.7. The number of nitro groups is 1. The van der Waals surface area contributed by atoms with Gasteiger partial charge in [0.25, 0.3) is 5.69 Å². The average molecular weight is 279 g/mol. The molecule has 0 radical (unpaired) electrons. The number of hydrogen-bond donors (Lipinski definition) is 1. The Balaban J connectivity index is 2.84. The van der Waals surface area contributed by atoms with Crippen LogP contribution >= 0.6 is 0 Å². The number of esters is 1. The molecular weight excluding hydrogens is 262 g/mol. The van der Waals surface area contributed by atoms with E-state index in [-0.39, 0.29) is 23.4 Å². The van der Waals surface area contributed by atoms with Crippen LogP contribution in [0.4, 0.5) is 5.69 Å². The van der Waals surface area contributed by atoms with Gasteiger partial charge in [0.2, 0.25) is 0 Å². The Labute approximate surface area is 116 Å². The molecule has 1 aromatic rings. The van der Waals surface area contributed by atoms with Crippen LogP contribution in [0, 0.1) is 10.1 Å². The molecule has 108 valence electrons. The fourth-order valence-electron chi connectivity index (χ4n) is 1.59. The first kappa shape index (κ1) is 15.8. The summed E-state index contributed by atoms with van der Waals surface area (Å²) < 4.78 is 4.92. The number of para-hydroxylation sites is 1. The summed E-state index contributed by atoms with van der Waals surface area (Å²) in [6.45, 7) is 5.65. The number of unbranched alkanes of at least 4 members (excludes halogenated alkanes) is 1. The van der Waals surface area contributed by atoms with Gasteiger partial charge in [-0.15, -0.1) is 0 Å². The number of benzene rings is 1. The maximum Gasteiger partial charge on any atom is 0.336 e. The van der Waals surface area contributed by atoms with Crippen molar-refractivity contribution in [2.45, 2.75) is 25.9 Å². The van der Waals surface area contributed by atoms with E-state index in [4.69, 9.17) is 4.74 Å². The topological polar surface area (TPSA) is 89.7 Å². The molecule has 1 N–H and O–H groups in total. The van der Waals surface area contributed by atoms with E-state index in [1.165, 1.54) is 18.2 Å². The zero-order valence-electron chi connectivity index (χ0n) is 11.2. The van der Waals surface area contributed by atoms with Gasteiger partial charge in [0, 0.05) is 6.07 Å². The van der Waals surface area contributed by atoms with Crippen LogP contribution in [0.25, 0.3) is 0 Å². The molecule has 0 saturated carbocycles. The molecule has 0 amide bonds. The number of nitrogens with zero attached hydrogens (tertiary/aromatic N) is 1. The van der Waals surface area contributed by atoms with Crippen molar-refractivity contribution < 1.29 is 19.6 Å². The minimum absolute atomic E-state index is 0.0231. The molecule has 0 bridgehead atoms. The highest BCUT2D eigenvalue weighted by Crippen LogP contribution is 2.29. The summed E-state index contributed by atoms with van der Waals surface area (Å²) in [5.74, 6) is -0.746. The third-order valence-corrected chi connectivity index (χ3v) is 2.75. The van der Waals surface area contributed by atoms with Gasteiger partial charge in [0.15, 0.2) is 0 Å². The van der Waals surface area contributed by atoms with Crippen molar-refractivity contribution in [3.63, 3.8) is 0 Å². The molecule has 20 heavy (non-hydrogen) atoms. The van der Waals surface area contributed by atoms with E-state index in [1.807, 2.05) is 6.92 Å². The van der Waals surface area contributed by atoms with Gasteiger partial charge in [-0.3, -0.25) is 10.1 Å². The number of aliphatic hydroxyl groups is 1. The molecular formula is C14H17NO5. The SMILES string of the molecule is C=C(C(=O)OCCCC)[C@@H](O)c1ccccc1[N+](=O)[O-]. The molecule has 0 unspecified atom stereocenters. The third-order valence-electron chi connectivity index (χ3n) is 2.75. The minimum Gasteiger partial charge on any atom is -0.462 e. The van der Waals surface area contributed by atoms with Crippen molar-refractivity contribution in [2.24, 2.45) is 0 Å². The van der Waals surface area contributed by atoms with Crippen molar-refractivity contribution in [1.29, 1.82) is 0 Å². The van der Waals surface area contributed by atoms with Crippen molar-refractivity contribution in [3.8, 4) is 0 Å². The maximum absolute atomic E-state index is 11.7. The number of nitro benzene ring substituents is 1. The molecule has 0 fully saturated rings. The van der Waals surface area contributed by atoms with Gasteiger partial charge in [0.1, 0.15) is 6.10 Å². The molecule has 0 saturated heterocycles. The van der Waals surface area contributed by atoms with E-state index in [0.717, 1.165) is 6.42 Å². The van der Waals surface area contributed by atoms with Gasteiger partial charge in [-0.1, -0.05) is 32.1 Å².